The minimum absolute atomic E-state index is 0.668. The molecule has 2 aromatic rings. The van der Waals surface area contributed by atoms with Gasteiger partial charge in [-0.3, -0.25) is 0 Å². The molecule has 0 spiro atoms. The predicted molar refractivity (Wildman–Crippen MR) is 82.9 cm³/mol. The van der Waals surface area contributed by atoms with E-state index in [-0.39, 0.29) is 0 Å². The fourth-order valence-corrected chi connectivity index (χ4v) is 4.51. The molecule has 0 saturated heterocycles. The number of aromatic nitrogens is 2. The Labute approximate surface area is 121 Å². The van der Waals surface area contributed by atoms with E-state index in [1.165, 1.54) is 67.4 Å². The average molecular weight is 268 g/mol. The van der Waals surface area contributed by atoms with Crippen molar-refractivity contribution in [1.29, 1.82) is 0 Å². The van der Waals surface area contributed by atoms with Crippen molar-refractivity contribution in [2.24, 2.45) is 11.8 Å². The number of hydrogen-bond donors (Lipinski definition) is 1. The topological polar surface area (TPSA) is 28.7 Å². The third kappa shape index (κ3) is 2.06. The van der Waals surface area contributed by atoms with Crippen LogP contribution in [-0.4, -0.2) is 9.97 Å². The second-order valence-electron chi connectivity index (χ2n) is 6.91. The Morgan fingerprint density at radius 2 is 1.90 bits per heavy atom. The zero-order valence-electron chi connectivity index (χ0n) is 12.4. The molecule has 0 aliphatic heterocycles. The second-order valence-corrected chi connectivity index (χ2v) is 6.91. The van der Waals surface area contributed by atoms with Crippen LogP contribution in [0.15, 0.2) is 18.2 Å². The van der Waals surface area contributed by atoms with Crippen LogP contribution in [0.2, 0.25) is 0 Å². The first-order valence-electron chi connectivity index (χ1n) is 8.26. The summed E-state index contributed by atoms with van der Waals surface area (Å²) in [5.74, 6) is 3.90. The molecule has 1 aromatic carbocycles. The molecule has 3 atom stereocenters. The maximum Gasteiger partial charge on any atom is 0.110 e. The van der Waals surface area contributed by atoms with E-state index in [4.69, 9.17) is 4.98 Å². The monoisotopic (exact) mass is 268 g/mol. The number of nitrogens with zero attached hydrogens (tertiary/aromatic N) is 1. The standard InChI is InChI=1S/C18H24N2/c1-12-5-4-8-16-17(12)20-18(19-16)15-10-9-13-6-2-3-7-14(13)11-15/h4-5,8,13-15H,2-3,6-7,9-11H2,1H3,(H,19,20). The van der Waals surface area contributed by atoms with Crippen LogP contribution in [0.25, 0.3) is 11.0 Å². The minimum Gasteiger partial charge on any atom is -0.342 e. The number of nitrogens with one attached hydrogen (secondary N) is 1. The fraction of sp³-hybridized carbons (Fsp3) is 0.611. The molecule has 1 aromatic heterocycles. The maximum absolute atomic E-state index is 4.92. The van der Waals surface area contributed by atoms with Crippen molar-refractivity contribution in [2.75, 3.05) is 0 Å². The summed E-state index contributed by atoms with van der Waals surface area (Å²) >= 11 is 0. The number of imidazole rings is 1. The smallest absolute Gasteiger partial charge is 0.110 e. The number of rotatable bonds is 1. The molecule has 0 amide bonds. The van der Waals surface area contributed by atoms with Gasteiger partial charge < -0.3 is 4.98 Å². The third-order valence-electron chi connectivity index (χ3n) is 5.66. The molecule has 2 nitrogen and oxygen atoms in total. The summed E-state index contributed by atoms with van der Waals surface area (Å²) in [6.07, 6.45) is 9.98. The summed E-state index contributed by atoms with van der Waals surface area (Å²) in [5, 5.41) is 0. The number of fused-ring (bicyclic) bond motifs is 2. The van der Waals surface area contributed by atoms with Crippen LogP contribution < -0.4 is 0 Å². The van der Waals surface area contributed by atoms with Gasteiger partial charge in [0.2, 0.25) is 0 Å². The van der Waals surface area contributed by atoms with Crippen LogP contribution in [0, 0.1) is 18.8 Å². The Morgan fingerprint density at radius 1 is 1.05 bits per heavy atom. The zero-order valence-corrected chi connectivity index (χ0v) is 12.4. The third-order valence-corrected chi connectivity index (χ3v) is 5.66. The van der Waals surface area contributed by atoms with Crippen molar-refractivity contribution < 1.29 is 0 Å². The van der Waals surface area contributed by atoms with E-state index in [0.717, 1.165) is 11.8 Å². The first-order chi connectivity index (χ1) is 9.81. The van der Waals surface area contributed by atoms with Gasteiger partial charge in [-0.1, -0.05) is 37.8 Å². The van der Waals surface area contributed by atoms with E-state index in [1.54, 1.807) is 0 Å². The lowest BCUT2D eigenvalue weighted by molar-refractivity contribution is 0.153. The number of aromatic amines is 1. The Bertz CT molecular complexity index is 613. The van der Waals surface area contributed by atoms with E-state index in [2.05, 4.69) is 30.1 Å². The van der Waals surface area contributed by atoms with E-state index < -0.39 is 0 Å². The molecule has 1 heterocycles. The highest BCUT2D eigenvalue weighted by Crippen LogP contribution is 2.45. The Morgan fingerprint density at radius 3 is 2.75 bits per heavy atom. The van der Waals surface area contributed by atoms with Gasteiger partial charge in [0.15, 0.2) is 0 Å². The molecule has 2 fully saturated rings. The Balaban J connectivity index is 1.61. The van der Waals surface area contributed by atoms with Gasteiger partial charge in [0, 0.05) is 5.92 Å². The molecule has 2 saturated carbocycles. The Kier molecular flexibility index (Phi) is 3.05. The Hall–Kier alpha value is -1.31. The summed E-state index contributed by atoms with van der Waals surface area (Å²) < 4.78 is 0. The van der Waals surface area contributed by atoms with Crippen LogP contribution >= 0.6 is 0 Å². The van der Waals surface area contributed by atoms with E-state index in [1.807, 2.05) is 0 Å². The number of benzene rings is 1. The van der Waals surface area contributed by atoms with Crippen LogP contribution in [0.1, 0.15) is 62.3 Å². The minimum atomic E-state index is 0.668. The van der Waals surface area contributed by atoms with Crippen molar-refractivity contribution in [3.63, 3.8) is 0 Å². The molecule has 3 unspecified atom stereocenters. The van der Waals surface area contributed by atoms with Crippen molar-refractivity contribution in [3.8, 4) is 0 Å². The summed E-state index contributed by atoms with van der Waals surface area (Å²) in [6, 6.07) is 6.44. The maximum atomic E-state index is 4.92. The van der Waals surface area contributed by atoms with Crippen molar-refractivity contribution in [3.05, 3.63) is 29.6 Å². The van der Waals surface area contributed by atoms with E-state index >= 15 is 0 Å². The number of hydrogen-bond acceptors (Lipinski definition) is 1. The van der Waals surface area contributed by atoms with Crippen LogP contribution in [0.5, 0.6) is 0 Å². The van der Waals surface area contributed by atoms with Crippen LogP contribution in [-0.2, 0) is 0 Å². The number of H-pyrrole nitrogens is 1. The molecule has 2 aliphatic rings. The summed E-state index contributed by atoms with van der Waals surface area (Å²) in [7, 11) is 0. The van der Waals surface area contributed by atoms with Crippen LogP contribution in [0.3, 0.4) is 0 Å². The van der Waals surface area contributed by atoms with Gasteiger partial charge in [0.1, 0.15) is 5.82 Å². The first-order valence-corrected chi connectivity index (χ1v) is 8.26. The summed E-state index contributed by atoms with van der Waals surface area (Å²) in [6.45, 7) is 2.16. The SMILES string of the molecule is Cc1cccc2[nH]c(C3CCC4CCCCC4C3)nc12. The van der Waals surface area contributed by atoms with Gasteiger partial charge >= 0.3 is 0 Å². The lowest BCUT2D eigenvalue weighted by Gasteiger charge is -2.38. The van der Waals surface area contributed by atoms with E-state index in [0.29, 0.717) is 5.92 Å². The summed E-state index contributed by atoms with van der Waals surface area (Å²) in [4.78, 5) is 8.51. The molecule has 1 N–H and O–H groups in total. The average Bonchev–Trinajstić information content (AvgIpc) is 2.92. The van der Waals surface area contributed by atoms with Gasteiger partial charge in [-0.05, 0) is 49.7 Å². The molecular formula is C18H24N2. The van der Waals surface area contributed by atoms with E-state index in [9.17, 15) is 0 Å². The van der Waals surface area contributed by atoms with Gasteiger partial charge in [0.25, 0.3) is 0 Å². The predicted octanol–water partition coefficient (Wildman–Crippen LogP) is 4.95. The summed E-state index contributed by atoms with van der Waals surface area (Å²) in [5.41, 5.74) is 3.68. The lowest BCUT2D eigenvalue weighted by atomic mass is 9.67. The molecule has 4 rings (SSSR count). The largest absolute Gasteiger partial charge is 0.342 e. The molecule has 20 heavy (non-hydrogen) atoms. The molecule has 0 bridgehead atoms. The highest BCUT2D eigenvalue weighted by Gasteiger charge is 2.33. The van der Waals surface area contributed by atoms with Crippen molar-refractivity contribution in [1.82, 2.24) is 9.97 Å². The zero-order chi connectivity index (χ0) is 13.5. The molecule has 2 aliphatic carbocycles. The van der Waals surface area contributed by atoms with Gasteiger partial charge in [-0.2, -0.15) is 0 Å². The molecular weight excluding hydrogens is 244 g/mol. The highest BCUT2D eigenvalue weighted by atomic mass is 14.9. The second kappa shape index (κ2) is 4.91. The fourth-order valence-electron chi connectivity index (χ4n) is 4.51. The molecule has 0 radical (unpaired) electrons. The van der Waals surface area contributed by atoms with Gasteiger partial charge in [-0.15, -0.1) is 0 Å². The van der Waals surface area contributed by atoms with Crippen LogP contribution in [0.4, 0.5) is 0 Å². The van der Waals surface area contributed by atoms with Gasteiger partial charge in [0.05, 0.1) is 11.0 Å². The highest BCUT2D eigenvalue weighted by molar-refractivity contribution is 5.78. The quantitative estimate of drug-likeness (QED) is 0.779. The van der Waals surface area contributed by atoms with Crippen molar-refractivity contribution >= 4 is 11.0 Å². The van der Waals surface area contributed by atoms with Crippen molar-refractivity contribution in [2.45, 2.75) is 57.8 Å². The molecule has 106 valence electrons. The lowest BCUT2D eigenvalue weighted by Crippen LogP contribution is -2.27. The normalized spacial score (nSPS) is 30.4. The number of para-hydroxylation sites is 1. The van der Waals surface area contributed by atoms with Gasteiger partial charge in [-0.25, -0.2) is 4.98 Å². The first kappa shape index (κ1) is 12.4. The number of aryl methyl sites for hydroxylation is 1. The molecule has 2 heteroatoms.